The fraction of sp³-hybridized carbons (Fsp3) is 0.385. The number of benzene rings is 1. The number of hydrogen-bond donors (Lipinski definition) is 1. The van der Waals surface area contributed by atoms with E-state index in [0.29, 0.717) is 11.3 Å². The Morgan fingerprint density at radius 1 is 1.41 bits per heavy atom. The summed E-state index contributed by atoms with van der Waals surface area (Å²) in [6.45, 7) is 0. The third-order valence-corrected chi connectivity index (χ3v) is 3.13. The van der Waals surface area contributed by atoms with Crippen LogP contribution in [0.25, 0.3) is 0 Å². The lowest BCUT2D eigenvalue weighted by molar-refractivity contribution is 0.0881. The zero-order valence-corrected chi connectivity index (χ0v) is 9.69. The van der Waals surface area contributed by atoms with Gasteiger partial charge in [0.2, 0.25) is 0 Å². The number of hydrogen-bond acceptors (Lipinski definition) is 3. The minimum absolute atomic E-state index is 0.200. The van der Waals surface area contributed by atoms with Crippen LogP contribution in [-0.2, 0) is 0 Å². The van der Waals surface area contributed by atoms with Crippen LogP contribution >= 0.6 is 0 Å². The van der Waals surface area contributed by atoms with Gasteiger partial charge in [0.05, 0.1) is 13.2 Å². The Balaban J connectivity index is 2.07. The average Bonchev–Trinajstić information content (AvgIpc) is 2.33. The number of amides is 1. The van der Waals surface area contributed by atoms with Gasteiger partial charge in [-0.2, -0.15) is 5.26 Å². The van der Waals surface area contributed by atoms with E-state index in [-0.39, 0.29) is 5.91 Å². The maximum Gasteiger partial charge on any atom is 0.252 e. The highest BCUT2D eigenvalue weighted by Crippen LogP contribution is 2.31. The lowest BCUT2D eigenvalue weighted by atomic mass is 9.78. The van der Waals surface area contributed by atoms with Gasteiger partial charge < -0.3 is 10.1 Å². The molecule has 0 saturated heterocycles. The van der Waals surface area contributed by atoms with E-state index in [1.54, 1.807) is 31.4 Å². The Bertz CT molecular complexity index is 455. The Kier molecular flexibility index (Phi) is 3.01. The summed E-state index contributed by atoms with van der Waals surface area (Å²) in [5.74, 6) is 0.508. The monoisotopic (exact) mass is 230 g/mol. The summed E-state index contributed by atoms with van der Waals surface area (Å²) in [6, 6.07) is 9.03. The van der Waals surface area contributed by atoms with Crippen molar-refractivity contribution in [2.75, 3.05) is 7.11 Å². The molecule has 2 rings (SSSR count). The zero-order valence-electron chi connectivity index (χ0n) is 9.69. The molecule has 1 aromatic carbocycles. The van der Waals surface area contributed by atoms with Crippen LogP contribution in [0.2, 0.25) is 0 Å². The molecule has 1 aromatic rings. The first-order valence-electron chi connectivity index (χ1n) is 5.57. The van der Waals surface area contributed by atoms with Gasteiger partial charge in [0.15, 0.2) is 0 Å². The maximum absolute atomic E-state index is 11.9. The van der Waals surface area contributed by atoms with Crippen LogP contribution in [0.15, 0.2) is 24.3 Å². The van der Waals surface area contributed by atoms with Crippen molar-refractivity contribution in [3.63, 3.8) is 0 Å². The van der Waals surface area contributed by atoms with Gasteiger partial charge in [0.25, 0.3) is 5.91 Å². The number of nitriles is 1. The van der Waals surface area contributed by atoms with E-state index in [9.17, 15) is 4.79 Å². The molecule has 17 heavy (non-hydrogen) atoms. The highest BCUT2D eigenvalue weighted by molar-refractivity contribution is 5.95. The predicted molar refractivity (Wildman–Crippen MR) is 62.7 cm³/mol. The number of carbonyl (C=O) groups excluding carboxylic acids is 1. The molecule has 0 heterocycles. The molecule has 0 radical (unpaired) electrons. The first-order chi connectivity index (χ1) is 8.19. The Hall–Kier alpha value is -2.02. The zero-order chi connectivity index (χ0) is 12.3. The van der Waals surface area contributed by atoms with Crippen molar-refractivity contribution >= 4 is 5.91 Å². The minimum Gasteiger partial charge on any atom is -0.497 e. The van der Waals surface area contributed by atoms with Crippen LogP contribution < -0.4 is 10.1 Å². The molecular formula is C13H14N2O2. The topological polar surface area (TPSA) is 62.1 Å². The van der Waals surface area contributed by atoms with Crippen LogP contribution in [0.1, 0.15) is 29.6 Å². The van der Waals surface area contributed by atoms with Crippen molar-refractivity contribution in [1.82, 2.24) is 5.32 Å². The summed E-state index contributed by atoms with van der Waals surface area (Å²) in [6.07, 6.45) is 2.48. The minimum atomic E-state index is -0.642. The number of ether oxygens (including phenoxy) is 1. The van der Waals surface area contributed by atoms with Gasteiger partial charge in [-0.1, -0.05) is 0 Å². The van der Waals surface area contributed by atoms with Crippen LogP contribution in [-0.4, -0.2) is 18.6 Å². The summed E-state index contributed by atoms with van der Waals surface area (Å²) in [7, 11) is 1.58. The van der Waals surface area contributed by atoms with Crippen molar-refractivity contribution in [2.45, 2.75) is 24.8 Å². The molecule has 0 atom stereocenters. The number of nitrogens with zero attached hydrogens (tertiary/aromatic N) is 1. The number of rotatable bonds is 3. The fourth-order valence-corrected chi connectivity index (χ4v) is 1.83. The Morgan fingerprint density at radius 2 is 2.06 bits per heavy atom. The molecule has 4 heteroatoms. The van der Waals surface area contributed by atoms with Crippen molar-refractivity contribution in [2.24, 2.45) is 0 Å². The number of nitrogens with one attached hydrogen (secondary N) is 1. The third kappa shape index (κ3) is 2.23. The van der Waals surface area contributed by atoms with E-state index >= 15 is 0 Å². The highest BCUT2D eigenvalue weighted by Gasteiger charge is 2.38. The second-order valence-electron chi connectivity index (χ2n) is 4.23. The molecular weight excluding hydrogens is 216 g/mol. The first kappa shape index (κ1) is 11.5. The van der Waals surface area contributed by atoms with Crippen molar-refractivity contribution in [1.29, 1.82) is 5.26 Å². The molecule has 1 amide bonds. The quantitative estimate of drug-likeness (QED) is 0.862. The molecule has 0 bridgehead atoms. The second kappa shape index (κ2) is 4.46. The van der Waals surface area contributed by atoms with Gasteiger partial charge in [0, 0.05) is 5.56 Å². The van der Waals surface area contributed by atoms with E-state index in [1.165, 1.54) is 0 Å². The van der Waals surface area contributed by atoms with E-state index in [4.69, 9.17) is 10.00 Å². The molecule has 1 aliphatic rings. The van der Waals surface area contributed by atoms with Gasteiger partial charge in [0.1, 0.15) is 11.3 Å². The van der Waals surface area contributed by atoms with Crippen molar-refractivity contribution < 1.29 is 9.53 Å². The smallest absolute Gasteiger partial charge is 0.252 e. The van der Waals surface area contributed by atoms with E-state index < -0.39 is 5.54 Å². The molecule has 88 valence electrons. The summed E-state index contributed by atoms with van der Waals surface area (Å²) in [4.78, 5) is 11.9. The van der Waals surface area contributed by atoms with Crippen molar-refractivity contribution in [3.8, 4) is 11.8 Å². The van der Waals surface area contributed by atoms with Crippen LogP contribution in [0.4, 0.5) is 0 Å². The van der Waals surface area contributed by atoms with E-state index in [2.05, 4.69) is 11.4 Å². The highest BCUT2D eigenvalue weighted by atomic mass is 16.5. The van der Waals surface area contributed by atoms with Gasteiger partial charge in [-0.05, 0) is 43.5 Å². The summed E-state index contributed by atoms with van der Waals surface area (Å²) in [5, 5.41) is 11.8. The largest absolute Gasteiger partial charge is 0.497 e. The predicted octanol–water partition coefficient (Wildman–Crippen LogP) is 1.87. The van der Waals surface area contributed by atoms with E-state index in [1.807, 2.05) is 0 Å². The van der Waals surface area contributed by atoms with Crippen LogP contribution in [0.5, 0.6) is 5.75 Å². The molecule has 0 unspecified atom stereocenters. The standard InChI is InChI=1S/C13H14N2O2/c1-17-11-5-3-10(4-6-11)12(16)15-13(9-14)7-2-8-13/h3-6H,2,7-8H2,1H3,(H,15,16). The molecule has 1 saturated carbocycles. The van der Waals surface area contributed by atoms with Crippen molar-refractivity contribution in [3.05, 3.63) is 29.8 Å². The Labute approximate surface area is 100 Å². The van der Waals surface area contributed by atoms with Crippen LogP contribution in [0, 0.1) is 11.3 Å². The Morgan fingerprint density at radius 3 is 2.47 bits per heavy atom. The number of methoxy groups -OCH3 is 1. The average molecular weight is 230 g/mol. The maximum atomic E-state index is 11.9. The summed E-state index contributed by atoms with van der Waals surface area (Å²) >= 11 is 0. The van der Waals surface area contributed by atoms with Gasteiger partial charge in [-0.15, -0.1) is 0 Å². The molecule has 0 aliphatic heterocycles. The van der Waals surface area contributed by atoms with Gasteiger partial charge in [-0.25, -0.2) is 0 Å². The molecule has 0 aromatic heterocycles. The molecule has 1 aliphatic carbocycles. The summed E-state index contributed by atoms with van der Waals surface area (Å²) < 4.78 is 5.02. The van der Waals surface area contributed by atoms with E-state index in [0.717, 1.165) is 19.3 Å². The third-order valence-electron chi connectivity index (χ3n) is 3.13. The summed E-state index contributed by atoms with van der Waals surface area (Å²) in [5.41, 5.74) is -0.0934. The SMILES string of the molecule is COc1ccc(C(=O)NC2(C#N)CCC2)cc1. The second-order valence-corrected chi connectivity index (χ2v) is 4.23. The number of carbonyl (C=O) groups is 1. The lowest BCUT2D eigenvalue weighted by Crippen LogP contribution is -2.52. The lowest BCUT2D eigenvalue weighted by Gasteiger charge is -2.35. The molecule has 4 nitrogen and oxygen atoms in total. The molecule has 0 spiro atoms. The van der Waals surface area contributed by atoms with Crippen LogP contribution in [0.3, 0.4) is 0 Å². The normalized spacial score (nSPS) is 16.5. The van der Waals surface area contributed by atoms with Gasteiger partial charge >= 0.3 is 0 Å². The first-order valence-corrected chi connectivity index (χ1v) is 5.57. The fourth-order valence-electron chi connectivity index (χ4n) is 1.83. The molecule has 1 fully saturated rings. The van der Waals surface area contributed by atoms with Gasteiger partial charge in [-0.3, -0.25) is 4.79 Å². The molecule has 1 N–H and O–H groups in total.